The standard InChI is InChI=1S/C73H110N4O13Si3/c1-19-93(20-2,21-3)90-64(66(79)76-62(68(81)88-71(6,7)8)49-86-91(15,16)72(9,10)11)61(75-65(78)63-50(4)43-44-77(63)70(83)85-47-53-35-26-23-27-36-53)46-54(37-32-38-55(45-52-33-24-22-25-34-52)89-92(17,18)73(12,13)14)87-67(80)51(5)74-69(82)84-48-60-58-41-30-28-39-56(58)57-40-29-31-42-59(57)60/h22-31,33-36,39-42,50-51,54-55,60-64H,19-21,32,37-38,43-49H2,1-18H3,(H,74,82)(H,75,78)(H,76,79)/t50-,51?,54-,55+,61+,62+,63-,64-/m0/s1. The average Bonchev–Trinajstić information content (AvgIpc) is 1.64. The van der Waals surface area contributed by atoms with Gasteiger partial charge < -0.3 is 48.2 Å². The van der Waals surface area contributed by atoms with Crippen LogP contribution in [0.15, 0.2) is 109 Å². The van der Waals surface area contributed by atoms with E-state index >= 15 is 9.59 Å². The first kappa shape index (κ1) is 75.9. The number of nitrogens with one attached hydrogen (secondary N) is 3. The summed E-state index contributed by atoms with van der Waals surface area (Å²) in [6.07, 6.45) is -2.01. The molecule has 1 heterocycles. The Bertz CT molecular complexity index is 3050. The number of esters is 2. The molecule has 1 unspecified atom stereocenters. The predicted octanol–water partition coefficient (Wildman–Crippen LogP) is 14.8. The van der Waals surface area contributed by atoms with Crippen LogP contribution in [0.4, 0.5) is 9.59 Å². The molecule has 4 aromatic carbocycles. The van der Waals surface area contributed by atoms with Gasteiger partial charge in [0.1, 0.15) is 49.1 Å². The fourth-order valence-electron chi connectivity index (χ4n) is 11.7. The zero-order chi connectivity index (χ0) is 68.7. The smallest absolute Gasteiger partial charge is 0.410 e. The summed E-state index contributed by atoms with van der Waals surface area (Å²) in [6.45, 7) is 36.3. The van der Waals surface area contributed by atoms with Crippen LogP contribution in [0.2, 0.25) is 54.4 Å². The number of ether oxygens (including phenoxy) is 4. The molecule has 93 heavy (non-hydrogen) atoms. The molecule has 0 bridgehead atoms. The number of hydrogen-bond donors (Lipinski definition) is 3. The molecule has 512 valence electrons. The maximum absolute atomic E-state index is 15.9. The van der Waals surface area contributed by atoms with Crippen molar-refractivity contribution in [2.75, 3.05) is 19.8 Å². The molecule has 1 aliphatic carbocycles. The quantitative estimate of drug-likeness (QED) is 0.0244. The monoisotopic (exact) mass is 1330 g/mol. The molecule has 1 saturated heterocycles. The van der Waals surface area contributed by atoms with E-state index in [0.717, 1.165) is 33.4 Å². The van der Waals surface area contributed by atoms with Crippen molar-refractivity contribution in [3.63, 3.8) is 0 Å². The third-order valence-corrected chi connectivity index (χ3v) is 33.2. The lowest BCUT2D eigenvalue weighted by atomic mass is 9.95. The lowest BCUT2D eigenvalue weighted by molar-refractivity contribution is -0.160. The van der Waals surface area contributed by atoms with Crippen molar-refractivity contribution in [3.05, 3.63) is 131 Å². The van der Waals surface area contributed by atoms with Crippen LogP contribution in [0.25, 0.3) is 11.1 Å². The number of alkyl carbamates (subject to hydrolysis) is 1. The van der Waals surface area contributed by atoms with Crippen LogP contribution < -0.4 is 16.0 Å². The van der Waals surface area contributed by atoms with Crippen LogP contribution in [0.3, 0.4) is 0 Å². The minimum atomic E-state index is -2.88. The molecule has 0 spiro atoms. The summed E-state index contributed by atoms with van der Waals surface area (Å²) in [6, 6.07) is 32.5. The van der Waals surface area contributed by atoms with Gasteiger partial charge in [-0.1, -0.05) is 178 Å². The SMILES string of the molecule is CC[Si](CC)(CC)O[C@H](C(=O)N[C@H](CO[Si](C)(C)C(C)(C)C)C(=O)OC(C)(C)C)[C@@H](C[C@H](CCC[C@H](Cc1ccccc1)O[Si](C)(C)C(C)(C)C)OC(=O)C(C)NC(=O)OCC1c2ccccc2-c2ccccc21)NC(=O)[C@@H]1[C@@H](C)CCN1C(=O)OCc1ccccc1. The first-order valence-electron chi connectivity index (χ1n) is 33.8. The van der Waals surface area contributed by atoms with Gasteiger partial charge in [-0.05, 0) is 153 Å². The molecular formula is C73H110N4O13Si3. The van der Waals surface area contributed by atoms with Crippen LogP contribution in [0.5, 0.6) is 0 Å². The lowest BCUT2D eigenvalue weighted by Gasteiger charge is -2.40. The van der Waals surface area contributed by atoms with E-state index in [0.29, 0.717) is 43.8 Å². The van der Waals surface area contributed by atoms with E-state index in [9.17, 15) is 19.2 Å². The second-order valence-corrected chi connectivity index (χ2v) is 43.9. The van der Waals surface area contributed by atoms with Crippen molar-refractivity contribution in [2.45, 2.75) is 250 Å². The molecule has 0 aromatic heterocycles. The van der Waals surface area contributed by atoms with Crippen molar-refractivity contribution in [2.24, 2.45) is 5.92 Å². The van der Waals surface area contributed by atoms with E-state index in [4.69, 9.17) is 32.2 Å². The van der Waals surface area contributed by atoms with E-state index in [1.54, 1.807) is 20.8 Å². The van der Waals surface area contributed by atoms with Crippen LogP contribution in [0, 0.1) is 5.92 Å². The highest BCUT2D eigenvalue weighted by molar-refractivity contribution is 6.74. The number of nitrogens with zero attached hydrogens (tertiary/aromatic N) is 1. The van der Waals surface area contributed by atoms with Gasteiger partial charge in [0.15, 0.2) is 25.0 Å². The Morgan fingerprint density at radius 2 is 1.17 bits per heavy atom. The Kier molecular flexibility index (Phi) is 26.9. The molecule has 6 rings (SSSR count). The van der Waals surface area contributed by atoms with Gasteiger partial charge in [-0.3, -0.25) is 14.5 Å². The second kappa shape index (κ2) is 33.0. The third kappa shape index (κ3) is 21.2. The first-order chi connectivity index (χ1) is 43.6. The number of likely N-dealkylation sites (tertiary alicyclic amines) is 1. The number of rotatable bonds is 31. The average molecular weight is 1340 g/mol. The highest BCUT2D eigenvalue weighted by Crippen LogP contribution is 2.45. The summed E-state index contributed by atoms with van der Waals surface area (Å²) in [7, 11) is -7.77. The topological polar surface area (TPSA) is 206 Å². The van der Waals surface area contributed by atoms with Gasteiger partial charge in [0.05, 0.1) is 12.6 Å². The molecule has 1 aliphatic heterocycles. The van der Waals surface area contributed by atoms with Gasteiger partial charge in [-0.25, -0.2) is 19.2 Å². The molecule has 3 N–H and O–H groups in total. The van der Waals surface area contributed by atoms with Crippen molar-refractivity contribution < 1.29 is 61.0 Å². The van der Waals surface area contributed by atoms with Gasteiger partial charge in [0.2, 0.25) is 5.91 Å². The molecule has 8 atom stereocenters. The van der Waals surface area contributed by atoms with E-state index in [1.807, 2.05) is 113 Å². The van der Waals surface area contributed by atoms with Gasteiger partial charge in [-0.2, -0.15) is 0 Å². The molecule has 20 heteroatoms. The fraction of sp³-hybridized carbons (Fsp3) is 0.589. The van der Waals surface area contributed by atoms with E-state index < -0.39 is 103 Å². The Labute approximate surface area is 558 Å². The number of amides is 4. The number of hydrogen-bond acceptors (Lipinski definition) is 13. The molecule has 0 radical (unpaired) electrons. The van der Waals surface area contributed by atoms with Crippen molar-refractivity contribution in [1.82, 2.24) is 20.9 Å². The molecule has 4 amide bonds. The van der Waals surface area contributed by atoms with Gasteiger partial charge in [-0.15, -0.1) is 0 Å². The maximum atomic E-state index is 15.9. The zero-order valence-electron chi connectivity index (χ0n) is 59.0. The normalized spacial score (nSPS) is 17.4. The Morgan fingerprint density at radius 1 is 0.634 bits per heavy atom. The van der Waals surface area contributed by atoms with E-state index in [2.05, 4.69) is 108 Å². The Morgan fingerprint density at radius 3 is 1.72 bits per heavy atom. The number of fused-ring (bicyclic) bond motifs is 3. The largest absolute Gasteiger partial charge is 0.461 e. The van der Waals surface area contributed by atoms with Crippen LogP contribution in [-0.4, -0.2) is 134 Å². The minimum Gasteiger partial charge on any atom is -0.461 e. The summed E-state index contributed by atoms with van der Waals surface area (Å²) in [5.74, 6) is -3.32. The van der Waals surface area contributed by atoms with Crippen LogP contribution >= 0.6 is 0 Å². The molecule has 0 saturated carbocycles. The maximum Gasteiger partial charge on any atom is 0.410 e. The number of carbonyl (C=O) groups is 6. The van der Waals surface area contributed by atoms with Gasteiger partial charge in [0.25, 0.3) is 5.91 Å². The van der Waals surface area contributed by atoms with Crippen molar-refractivity contribution in [1.29, 1.82) is 0 Å². The van der Waals surface area contributed by atoms with Crippen molar-refractivity contribution >= 4 is 60.9 Å². The fourth-order valence-corrected chi connectivity index (χ4v) is 16.9. The number of benzene rings is 4. The zero-order valence-corrected chi connectivity index (χ0v) is 62.0. The predicted molar refractivity (Wildman–Crippen MR) is 374 cm³/mol. The first-order valence-corrected chi connectivity index (χ1v) is 42.1. The van der Waals surface area contributed by atoms with Gasteiger partial charge in [0, 0.05) is 25.0 Å². The summed E-state index contributed by atoms with van der Waals surface area (Å²) in [5, 5.41) is 8.65. The Hall–Kier alpha value is -6.17. The van der Waals surface area contributed by atoms with E-state index in [1.165, 1.54) is 11.8 Å². The minimum absolute atomic E-state index is 0.0118. The highest BCUT2D eigenvalue weighted by Gasteiger charge is 2.47. The highest BCUT2D eigenvalue weighted by atomic mass is 28.4. The van der Waals surface area contributed by atoms with Gasteiger partial charge >= 0.3 is 24.1 Å². The molecule has 4 aromatic rings. The lowest BCUT2D eigenvalue weighted by Crippen LogP contribution is -2.62. The Balaban J connectivity index is 1.42. The van der Waals surface area contributed by atoms with Crippen molar-refractivity contribution in [3.8, 4) is 11.1 Å². The summed E-state index contributed by atoms with van der Waals surface area (Å²) in [5.41, 5.74) is 5.18. The van der Waals surface area contributed by atoms with E-state index in [-0.39, 0.29) is 67.2 Å². The number of carbonyl (C=O) groups excluding carboxylic acids is 6. The molecular weight excluding hydrogens is 1230 g/mol. The van der Waals surface area contributed by atoms with Crippen LogP contribution in [-0.2, 0) is 64.4 Å². The molecule has 17 nitrogen and oxygen atoms in total. The molecule has 2 aliphatic rings. The third-order valence-electron chi connectivity index (χ3n) is 19.6. The summed E-state index contributed by atoms with van der Waals surface area (Å²) in [4.78, 5) is 90.2. The summed E-state index contributed by atoms with van der Waals surface area (Å²) < 4.78 is 45.6. The van der Waals surface area contributed by atoms with Crippen LogP contribution in [0.1, 0.15) is 157 Å². The second-order valence-electron chi connectivity index (χ2n) is 29.6. The molecule has 1 fully saturated rings. The summed E-state index contributed by atoms with van der Waals surface area (Å²) >= 11 is 0.